The lowest BCUT2D eigenvalue weighted by Crippen LogP contribution is -2.52. The highest BCUT2D eigenvalue weighted by Crippen LogP contribution is 2.27. The molecule has 1 aliphatic heterocycles. The number of piperidine rings is 1. The second-order valence-electron chi connectivity index (χ2n) is 6.83. The molecule has 3 N–H and O–H groups in total. The Morgan fingerprint density at radius 2 is 2.04 bits per heavy atom. The first-order chi connectivity index (χ1) is 12.5. The highest BCUT2D eigenvalue weighted by Gasteiger charge is 2.22. The zero-order valence-electron chi connectivity index (χ0n) is 15.9. The summed E-state index contributed by atoms with van der Waals surface area (Å²) in [5, 5.41) is 10.4. The van der Waals surface area contributed by atoms with E-state index < -0.39 is 0 Å². The van der Waals surface area contributed by atoms with Crippen molar-refractivity contribution in [2.45, 2.75) is 32.7 Å². The normalized spacial score (nSPS) is 18.0. The average molecular weight is 380 g/mol. The predicted molar refractivity (Wildman–Crippen MR) is 109 cm³/mol. The summed E-state index contributed by atoms with van der Waals surface area (Å²) < 4.78 is 0. The third-order valence-electron chi connectivity index (χ3n) is 4.42. The van der Waals surface area contributed by atoms with Gasteiger partial charge in [0, 0.05) is 45.2 Å². The molecular weight excluding hydrogens is 350 g/mol. The maximum absolute atomic E-state index is 11.6. The molecule has 1 fully saturated rings. The summed E-state index contributed by atoms with van der Waals surface area (Å²) in [6.07, 6.45) is 2.19. The van der Waals surface area contributed by atoms with E-state index in [9.17, 15) is 4.79 Å². The molecule has 0 bridgehead atoms. The van der Waals surface area contributed by atoms with Gasteiger partial charge in [-0.1, -0.05) is 37.6 Å². The van der Waals surface area contributed by atoms with Crippen molar-refractivity contribution in [1.29, 1.82) is 0 Å². The molecule has 6 nitrogen and oxygen atoms in total. The minimum Gasteiger partial charge on any atom is -0.368 e. The van der Waals surface area contributed by atoms with Crippen LogP contribution in [0.15, 0.2) is 29.3 Å². The van der Waals surface area contributed by atoms with E-state index in [1.54, 1.807) is 7.05 Å². The summed E-state index contributed by atoms with van der Waals surface area (Å²) in [5.41, 5.74) is 1.08. The van der Waals surface area contributed by atoms with Crippen LogP contribution in [0.1, 0.15) is 26.7 Å². The third kappa shape index (κ3) is 6.09. The van der Waals surface area contributed by atoms with Gasteiger partial charge in [-0.15, -0.1) is 0 Å². The molecule has 0 aliphatic carbocycles. The lowest BCUT2D eigenvalue weighted by molar-refractivity contribution is -0.123. The molecule has 1 unspecified atom stereocenters. The molecule has 0 radical (unpaired) electrons. The molecule has 7 heteroatoms. The predicted octanol–water partition coefficient (Wildman–Crippen LogP) is 2.25. The van der Waals surface area contributed by atoms with Gasteiger partial charge in [0.25, 0.3) is 0 Å². The van der Waals surface area contributed by atoms with E-state index in [1.165, 1.54) is 0 Å². The van der Waals surface area contributed by atoms with Crippen LogP contribution in [0.4, 0.5) is 5.69 Å². The number of para-hydroxylation sites is 1. The van der Waals surface area contributed by atoms with Crippen molar-refractivity contribution in [1.82, 2.24) is 16.0 Å². The van der Waals surface area contributed by atoms with Crippen molar-refractivity contribution in [2.75, 3.05) is 38.1 Å². The van der Waals surface area contributed by atoms with Crippen molar-refractivity contribution < 1.29 is 4.79 Å². The van der Waals surface area contributed by atoms with Crippen molar-refractivity contribution in [3.63, 3.8) is 0 Å². The number of halogens is 1. The van der Waals surface area contributed by atoms with Crippen LogP contribution >= 0.6 is 11.6 Å². The second kappa shape index (κ2) is 10.3. The summed E-state index contributed by atoms with van der Waals surface area (Å²) in [7, 11) is 1.76. The van der Waals surface area contributed by atoms with Gasteiger partial charge in [0.2, 0.25) is 5.91 Å². The molecule has 26 heavy (non-hydrogen) atoms. The van der Waals surface area contributed by atoms with Gasteiger partial charge in [-0.3, -0.25) is 9.79 Å². The number of nitrogens with one attached hydrogen (secondary N) is 3. The number of carbonyl (C=O) groups excluding carboxylic acids is 1. The Morgan fingerprint density at radius 1 is 1.31 bits per heavy atom. The number of rotatable bonds is 6. The zero-order valence-corrected chi connectivity index (χ0v) is 16.6. The second-order valence-corrected chi connectivity index (χ2v) is 7.23. The van der Waals surface area contributed by atoms with E-state index in [0.717, 1.165) is 42.6 Å². The van der Waals surface area contributed by atoms with Gasteiger partial charge < -0.3 is 20.9 Å². The molecule has 0 spiro atoms. The van der Waals surface area contributed by atoms with Gasteiger partial charge in [0.15, 0.2) is 5.96 Å². The van der Waals surface area contributed by atoms with Crippen molar-refractivity contribution in [3.8, 4) is 0 Å². The van der Waals surface area contributed by atoms with Crippen LogP contribution in [0, 0.1) is 5.92 Å². The van der Waals surface area contributed by atoms with Crippen LogP contribution in [-0.2, 0) is 4.79 Å². The summed E-state index contributed by atoms with van der Waals surface area (Å²) >= 11 is 6.34. The molecule has 1 saturated heterocycles. The Bertz CT molecular complexity index is 620. The van der Waals surface area contributed by atoms with Gasteiger partial charge >= 0.3 is 0 Å². The third-order valence-corrected chi connectivity index (χ3v) is 4.74. The molecule has 1 aliphatic rings. The van der Waals surface area contributed by atoms with Crippen LogP contribution < -0.4 is 20.9 Å². The molecular formula is C19H30ClN5O. The Hall–Kier alpha value is -1.95. The number of benzene rings is 1. The van der Waals surface area contributed by atoms with E-state index in [2.05, 4.69) is 31.9 Å². The number of hydrogen-bond acceptors (Lipinski definition) is 3. The standard InChI is InChI=1S/C19H30ClN5O/c1-14(2)18(26)22-10-11-23-19(21-3)24-15-7-6-12-25(13-15)17-9-5-4-8-16(17)20/h4-5,8-9,14-15H,6-7,10-13H2,1-3H3,(H,22,26)(H2,21,23,24). The van der Waals surface area contributed by atoms with Crippen LogP contribution in [0.25, 0.3) is 0 Å². The van der Waals surface area contributed by atoms with Gasteiger partial charge in [-0.25, -0.2) is 0 Å². The van der Waals surface area contributed by atoms with Gasteiger partial charge in [0.05, 0.1) is 10.7 Å². The van der Waals surface area contributed by atoms with E-state index in [4.69, 9.17) is 11.6 Å². The van der Waals surface area contributed by atoms with Crippen molar-refractivity contribution >= 4 is 29.2 Å². The Morgan fingerprint density at radius 3 is 2.73 bits per heavy atom. The Balaban J connectivity index is 1.80. The monoisotopic (exact) mass is 379 g/mol. The molecule has 1 heterocycles. The highest BCUT2D eigenvalue weighted by atomic mass is 35.5. The summed E-state index contributed by atoms with van der Waals surface area (Å²) in [6, 6.07) is 8.27. The fourth-order valence-corrected chi connectivity index (χ4v) is 3.24. The topological polar surface area (TPSA) is 68.8 Å². The molecule has 1 aromatic rings. The maximum Gasteiger partial charge on any atom is 0.222 e. The fraction of sp³-hybridized carbons (Fsp3) is 0.579. The van der Waals surface area contributed by atoms with E-state index in [-0.39, 0.29) is 11.8 Å². The summed E-state index contributed by atoms with van der Waals surface area (Å²) in [5.74, 6) is 0.831. The first-order valence-corrected chi connectivity index (χ1v) is 9.63. The lowest BCUT2D eigenvalue weighted by atomic mass is 10.0. The van der Waals surface area contributed by atoms with Crippen LogP contribution in [0.3, 0.4) is 0 Å². The minimum atomic E-state index is 0.00506. The first kappa shape index (κ1) is 20.4. The SMILES string of the molecule is CN=C(NCCNC(=O)C(C)C)NC1CCCN(c2ccccc2Cl)C1. The highest BCUT2D eigenvalue weighted by molar-refractivity contribution is 6.33. The van der Waals surface area contributed by atoms with Crippen LogP contribution in [0.5, 0.6) is 0 Å². The number of hydrogen-bond donors (Lipinski definition) is 3. The Kier molecular flexibility index (Phi) is 8.04. The molecule has 1 amide bonds. The quantitative estimate of drug-likeness (QED) is 0.403. The smallest absolute Gasteiger partial charge is 0.222 e. The number of nitrogens with zero attached hydrogens (tertiary/aromatic N) is 2. The average Bonchev–Trinajstić information content (AvgIpc) is 2.64. The molecule has 1 atom stereocenters. The zero-order chi connectivity index (χ0) is 18.9. The minimum absolute atomic E-state index is 0.00506. The van der Waals surface area contributed by atoms with Crippen molar-refractivity contribution in [2.24, 2.45) is 10.9 Å². The van der Waals surface area contributed by atoms with E-state index in [0.29, 0.717) is 19.1 Å². The molecule has 2 rings (SSSR count). The first-order valence-electron chi connectivity index (χ1n) is 9.25. The maximum atomic E-state index is 11.6. The summed E-state index contributed by atoms with van der Waals surface area (Å²) in [6.45, 7) is 6.88. The molecule has 0 aromatic heterocycles. The van der Waals surface area contributed by atoms with Crippen molar-refractivity contribution in [3.05, 3.63) is 29.3 Å². The number of amides is 1. The lowest BCUT2D eigenvalue weighted by Gasteiger charge is -2.35. The molecule has 0 saturated carbocycles. The van der Waals surface area contributed by atoms with Gasteiger partial charge in [-0.05, 0) is 25.0 Å². The van der Waals surface area contributed by atoms with E-state index in [1.807, 2.05) is 32.0 Å². The van der Waals surface area contributed by atoms with E-state index >= 15 is 0 Å². The van der Waals surface area contributed by atoms with Gasteiger partial charge in [-0.2, -0.15) is 0 Å². The van der Waals surface area contributed by atoms with Gasteiger partial charge in [0.1, 0.15) is 0 Å². The molecule has 1 aromatic carbocycles. The number of carbonyl (C=O) groups is 1. The summed E-state index contributed by atoms with van der Waals surface area (Å²) in [4.78, 5) is 18.2. The number of aliphatic imine (C=N–C) groups is 1. The van der Waals surface area contributed by atoms with Crippen LogP contribution in [0.2, 0.25) is 5.02 Å². The fourth-order valence-electron chi connectivity index (χ4n) is 2.98. The largest absolute Gasteiger partial charge is 0.368 e. The van der Waals surface area contributed by atoms with Crippen LogP contribution in [-0.4, -0.2) is 51.1 Å². The molecule has 144 valence electrons. The number of anilines is 1. The number of guanidine groups is 1. The Labute approximate surface area is 161 Å².